The van der Waals surface area contributed by atoms with Gasteiger partial charge in [-0.3, -0.25) is 9.59 Å². The Morgan fingerprint density at radius 2 is 2.33 bits per heavy atom. The number of aromatic nitrogens is 1. The average Bonchev–Trinajstić information content (AvgIpc) is 2.86. The molecule has 0 spiro atoms. The van der Waals surface area contributed by atoms with Crippen molar-refractivity contribution in [1.82, 2.24) is 15.6 Å². The summed E-state index contributed by atoms with van der Waals surface area (Å²) in [4.78, 5) is 27.5. The van der Waals surface area contributed by atoms with Gasteiger partial charge in [0, 0.05) is 17.5 Å². The van der Waals surface area contributed by atoms with Gasteiger partial charge in [0.05, 0.1) is 5.54 Å². The molecule has 98 valence electrons. The summed E-state index contributed by atoms with van der Waals surface area (Å²) >= 11 is 1.53. The molecule has 0 saturated carbocycles. The van der Waals surface area contributed by atoms with Crippen LogP contribution in [0.5, 0.6) is 0 Å². The zero-order valence-electron chi connectivity index (χ0n) is 10.7. The Bertz CT molecular complexity index is 481. The normalized spacial score (nSPS) is 19.7. The quantitative estimate of drug-likeness (QED) is 0.861. The van der Waals surface area contributed by atoms with E-state index in [-0.39, 0.29) is 11.8 Å². The van der Waals surface area contributed by atoms with Crippen LogP contribution in [0.2, 0.25) is 0 Å². The largest absolute Gasteiger partial charge is 0.344 e. The summed E-state index contributed by atoms with van der Waals surface area (Å²) in [5.41, 5.74) is 0.440. The minimum Gasteiger partial charge on any atom is -0.344 e. The number of nitrogens with zero attached hydrogens (tertiary/aromatic N) is 1. The van der Waals surface area contributed by atoms with Crippen molar-refractivity contribution in [1.29, 1.82) is 0 Å². The molecule has 1 atom stereocenters. The molecule has 1 saturated heterocycles. The van der Waals surface area contributed by atoms with Crippen LogP contribution in [0.15, 0.2) is 5.38 Å². The van der Waals surface area contributed by atoms with Crippen molar-refractivity contribution in [3.8, 4) is 0 Å². The van der Waals surface area contributed by atoms with Crippen LogP contribution in [0.1, 0.15) is 37.4 Å². The number of amides is 2. The summed E-state index contributed by atoms with van der Waals surface area (Å²) in [6.45, 7) is 5.76. The SMILES string of the molecule is Cc1csc(C(C)(C)NC(=O)C2CCC(=O)N2)n1. The van der Waals surface area contributed by atoms with Gasteiger partial charge in [-0.05, 0) is 27.2 Å². The Labute approximate surface area is 110 Å². The number of hydrogen-bond donors (Lipinski definition) is 2. The van der Waals surface area contributed by atoms with E-state index in [0.29, 0.717) is 12.8 Å². The highest BCUT2D eigenvalue weighted by atomic mass is 32.1. The molecule has 1 aliphatic rings. The summed E-state index contributed by atoms with van der Waals surface area (Å²) in [6, 6.07) is -0.405. The standard InChI is InChI=1S/C12H17N3O2S/c1-7-6-18-11(13-7)12(2,3)15-10(17)8-4-5-9(16)14-8/h6,8H,4-5H2,1-3H3,(H,14,16)(H,15,17). The highest BCUT2D eigenvalue weighted by Crippen LogP contribution is 2.24. The first-order valence-corrected chi connectivity index (χ1v) is 6.80. The molecule has 1 unspecified atom stereocenters. The molecule has 1 aromatic rings. The summed E-state index contributed by atoms with van der Waals surface area (Å²) in [7, 11) is 0. The lowest BCUT2D eigenvalue weighted by molar-refractivity contribution is -0.127. The number of carbonyl (C=O) groups excluding carboxylic acids is 2. The van der Waals surface area contributed by atoms with E-state index in [4.69, 9.17) is 0 Å². The number of carbonyl (C=O) groups is 2. The van der Waals surface area contributed by atoms with Gasteiger partial charge >= 0.3 is 0 Å². The predicted octanol–water partition coefficient (Wildman–Crippen LogP) is 1.08. The number of hydrogen-bond acceptors (Lipinski definition) is 4. The van der Waals surface area contributed by atoms with E-state index < -0.39 is 11.6 Å². The second-order valence-corrected chi connectivity index (χ2v) is 5.93. The van der Waals surface area contributed by atoms with Crippen molar-refractivity contribution in [2.24, 2.45) is 0 Å². The lowest BCUT2D eigenvalue weighted by Gasteiger charge is -2.25. The maximum atomic E-state index is 12.0. The van der Waals surface area contributed by atoms with Gasteiger partial charge in [0.2, 0.25) is 11.8 Å². The molecule has 0 aromatic carbocycles. The summed E-state index contributed by atoms with van der Waals surface area (Å²) in [5, 5.41) is 8.44. The number of thiazole rings is 1. The van der Waals surface area contributed by atoms with E-state index >= 15 is 0 Å². The van der Waals surface area contributed by atoms with Gasteiger partial charge < -0.3 is 10.6 Å². The summed E-state index contributed by atoms with van der Waals surface area (Å²) in [5.74, 6) is -0.197. The fraction of sp³-hybridized carbons (Fsp3) is 0.583. The minimum atomic E-state index is -0.511. The maximum absolute atomic E-state index is 12.0. The van der Waals surface area contributed by atoms with Crippen LogP contribution in [-0.4, -0.2) is 22.8 Å². The van der Waals surface area contributed by atoms with Gasteiger partial charge in [-0.2, -0.15) is 0 Å². The molecule has 2 amide bonds. The van der Waals surface area contributed by atoms with Crippen molar-refractivity contribution in [3.05, 3.63) is 16.1 Å². The van der Waals surface area contributed by atoms with E-state index in [9.17, 15) is 9.59 Å². The second-order valence-electron chi connectivity index (χ2n) is 5.07. The first-order chi connectivity index (χ1) is 8.38. The van der Waals surface area contributed by atoms with Gasteiger partial charge in [-0.15, -0.1) is 11.3 Å². The van der Waals surface area contributed by atoms with Crippen LogP contribution in [-0.2, 0) is 15.1 Å². The van der Waals surface area contributed by atoms with Crippen molar-refractivity contribution in [2.45, 2.75) is 45.2 Å². The van der Waals surface area contributed by atoms with Crippen molar-refractivity contribution < 1.29 is 9.59 Å². The first-order valence-electron chi connectivity index (χ1n) is 5.92. The highest BCUT2D eigenvalue weighted by Gasteiger charge is 2.32. The Hall–Kier alpha value is -1.43. The van der Waals surface area contributed by atoms with Crippen molar-refractivity contribution in [2.75, 3.05) is 0 Å². The van der Waals surface area contributed by atoms with E-state index in [1.54, 1.807) is 0 Å². The zero-order chi connectivity index (χ0) is 13.3. The smallest absolute Gasteiger partial charge is 0.243 e. The fourth-order valence-electron chi connectivity index (χ4n) is 1.90. The molecule has 2 N–H and O–H groups in total. The molecule has 1 aliphatic heterocycles. The molecular weight excluding hydrogens is 250 g/mol. The van der Waals surface area contributed by atoms with Crippen LogP contribution >= 0.6 is 11.3 Å². The molecular formula is C12H17N3O2S. The molecule has 1 fully saturated rings. The first kappa shape index (κ1) is 13.0. The molecule has 18 heavy (non-hydrogen) atoms. The Kier molecular flexibility index (Phi) is 3.38. The van der Waals surface area contributed by atoms with E-state index in [1.165, 1.54) is 11.3 Å². The van der Waals surface area contributed by atoms with Gasteiger partial charge in [-0.25, -0.2) is 4.98 Å². The van der Waals surface area contributed by atoms with E-state index in [2.05, 4.69) is 15.6 Å². The zero-order valence-corrected chi connectivity index (χ0v) is 11.6. The van der Waals surface area contributed by atoms with Crippen LogP contribution in [0.4, 0.5) is 0 Å². The molecule has 2 heterocycles. The number of rotatable bonds is 3. The fourth-order valence-corrected chi connectivity index (χ4v) is 2.78. The van der Waals surface area contributed by atoms with Crippen LogP contribution in [0.3, 0.4) is 0 Å². The van der Waals surface area contributed by atoms with Crippen LogP contribution < -0.4 is 10.6 Å². The third-order valence-corrected chi connectivity index (χ3v) is 4.18. The second kappa shape index (κ2) is 4.68. The van der Waals surface area contributed by atoms with Crippen LogP contribution in [0, 0.1) is 6.92 Å². The molecule has 2 rings (SSSR count). The van der Waals surface area contributed by atoms with E-state index in [1.807, 2.05) is 26.2 Å². The van der Waals surface area contributed by atoms with Gasteiger partial charge in [-0.1, -0.05) is 0 Å². The maximum Gasteiger partial charge on any atom is 0.243 e. The Morgan fingerprint density at radius 1 is 1.61 bits per heavy atom. The lowest BCUT2D eigenvalue weighted by atomic mass is 10.1. The van der Waals surface area contributed by atoms with Crippen LogP contribution in [0.25, 0.3) is 0 Å². The summed E-state index contributed by atoms with van der Waals surface area (Å²) in [6.07, 6.45) is 0.993. The van der Waals surface area contributed by atoms with Gasteiger partial charge in [0.15, 0.2) is 0 Å². The Balaban J connectivity index is 2.04. The average molecular weight is 267 g/mol. The van der Waals surface area contributed by atoms with E-state index in [0.717, 1.165) is 10.7 Å². The monoisotopic (exact) mass is 267 g/mol. The molecule has 1 aromatic heterocycles. The third-order valence-electron chi connectivity index (χ3n) is 2.90. The van der Waals surface area contributed by atoms with Gasteiger partial charge in [0.25, 0.3) is 0 Å². The minimum absolute atomic E-state index is 0.0574. The summed E-state index contributed by atoms with van der Waals surface area (Å²) < 4.78 is 0. The molecule has 0 bridgehead atoms. The van der Waals surface area contributed by atoms with Gasteiger partial charge in [0.1, 0.15) is 11.0 Å². The predicted molar refractivity (Wildman–Crippen MR) is 69.2 cm³/mol. The Morgan fingerprint density at radius 3 is 2.83 bits per heavy atom. The molecule has 6 heteroatoms. The molecule has 0 radical (unpaired) electrons. The lowest BCUT2D eigenvalue weighted by Crippen LogP contribution is -2.49. The van der Waals surface area contributed by atoms with Crippen molar-refractivity contribution >= 4 is 23.2 Å². The van der Waals surface area contributed by atoms with Crippen molar-refractivity contribution in [3.63, 3.8) is 0 Å². The third kappa shape index (κ3) is 2.69. The molecule has 0 aliphatic carbocycles. The number of nitrogens with one attached hydrogen (secondary N) is 2. The highest BCUT2D eigenvalue weighted by molar-refractivity contribution is 7.09. The molecule has 5 nitrogen and oxygen atoms in total. The topological polar surface area (TPSA) is 71.1 Å². The number of aryl methyl sites for hydroxylation is 1.